The Balaban J connectivity index is 1.74. The molecule has 1 aliphatic carbocycles. The van der Waals surface area contributed by atoms with Crippen molar-refractivity contribution in [3.05, 3.63) is 18.0 Å². The summed E-state index contributed by atoms with van der Waals surface area (Å²) in [6.45, 7) is 6.25. The van der Waals surface area contributed by atoms with Gasteiger partial charge in [0.1, 0.15) is 0 Å². The predicted molar refractivity (Wildman–Crippen MR) is 81.5 cm³/mol. The van der Waals surface area contributed by atoms with Crippen molar-refractivity contribution < 1.29 is 5.11 Å². The van der Waals surface area contributed by atoms with Crippen molar-refractivity contribution in [2.45, 2.75) is 71.1 Å². The van der Waals surface area contributed by atoms with E-state index in [2.05, 4.69) is 41.2 Å². The summed E-state index contributed by atoms with van der Waals surface area (Å²) >= 11 is 0. The van der Waals surface area contributed by atoms with E-state index >= 15 is 0 Å². The molecular weight excluding hydrogens is 250 g/mol. The number of rotatable bonds is 7. The molecule has 2 N–H and O–H groups in total. The van der Waals surface area contributed by atoms with Crippen LogP contribution in [0.2, 0.25) is 0 Å². The lowest BCUT2D eigenvalue weighted by atomic mass is 9.87. The maximum absolute atomic E-state index is 9.67. The van der Waals surface area contributed by atoms with E-state index in [0.717, 1.165) is 50.9 Å². The molecule has 1 aliphatic rings. The van der Waals surface area contributed by atoms with Gasteiger partial charge < -0.3 is 10.4 Å². The Hall–Kier alpha value is -0.870. The van der Waals surface area contributed by atoms with E-state index < -0.39 is 0 Å². The second-order valence-corrected chi connectivity index (χ2v) is 6.07. The molecule has 0 saturated heterocycles. The Morgan fingerprint density at radius 2 is 2.20 bits per heavy atom. The van der Waals surface area contributed by atoms with Crippen molar-refractivity contribution >= 4 is 0 Å². The highest BCUT2D eigenvalue weighted by Crippen LogP contribution is 2.23. The van der Waals surface area contributed by atoms with Crippen molar-refractivity contribution in [2.75, 3.05) is 6.54 Å². The number of hydrogen-bond donors (Lipinski definition) is 2. The van der Waals surface area contributed by atoms with Crippen molar-refractivity contribution in [3.63, 3.8) is 0 Å². The van der Waals surface area contributed by atoms with Gasteiger partial charge in [0.25, 0.3) is 0 Å². The molecule has 20 heavy (non-hydrogen) atoms. The third kappa shape index (κ3) is 4.32. The quantitative estimate of drug-likeness (QED) is 0.807. The summed E-state index contributed by atoms with van der Waals surface area (Å²) in [4.78, 5) is 0. The number of hydrogen-bond acceptors (Lipinski definition) is 3. The zero-order valence-electron chi connectivity index (χ0n) is 12.9. The maximum Gasteiger partial charge on any atom is 0.0762 e. The molecule has 2 atom stereocenters. The van der Waals surface area contributed by atoms with Crippen LogP contribution in [0.25, 0.3) is 0 Å². The summed E-state index contributed by atoms with van der Waals surface area (Å²) < 4.78 is 2.10. The predicted octanol–water partition coefficient (Wildman–Crippen LogP) is 2.88. The molecule has 1 aromatic rings. The van der Waals surface area contributed by atoms with Crippen LogP contribution in [0.1, 0.15) is 64.1 Å². The summed E-state index contributed by atoms with van der Waals surface area (Å²) in [5.41, 5.74) is 1.12. The number of nitrogens with one attached hydrogen (secondary N) is 1. The molecule has 0 bridgehead atoms. The van der Waals surface area contributed by atoms with Gasteiger partial charge >= 0.3 is 0 Å². The van der Waals surface area contributed by atoms with Gasteiger partial charge in [0.2, 0.25) is 0 Å². The van der Waals surface area contributed by atoms with E-state index in [1.54, 1.807) is 0 Å². The lowest BCUT2D eigenvalue weighted by Gasteiger charge is -2.25. The first-order valence-corrected chi connectivity index (χ1v) is 8.15. The van der Waals surface area contributed by atoms with Gasteiger partial charge in [-0.2, -0.15) is 5.10 Å². The molecule has 1 heterocycles. The molecule has 0 spiro atoms. The number of aromatic nitrogens is 2. The van der Waals surface area contributed by atoms with Crippen molar-refractivity contribution in [1.29, 1.82) is 0 Å². The Kier molecular flexibility index (Phi) is 6.05. The normalized spacial score (nSPS) is 23.4. The lowest BCUT2D eigenvalue weighted by Crippen LogP contribution is -2.29. The Morgan fingerprint density at radius 1 is 1.40 bits per heavy atom. The van der Waals surface area contributed by atoms with Crippen molar-refractivity contribution in [1.82, 2.24) is 15.1 Å². The maximum atomic E-state index is 9.67. The van der Waals surface area contributed by atoms with E-state index in [1.165, 1.54) is 6.42 Å². The average molecular weight is 279 g/mol. The molecule has 1 saturated carbocycles. The summed E-state index contributed by atoms with van der Waals surface area (Å²) in [7, 11) is 0. The fraction of sp³-hybridized carbons (Fsp3) is 0.812. The highest BCUT2D eigenvalue weighted by atomic mass is 16.3. The highest BCUT2D eigenvalue weighted by Gasteiger charge is 2.19. The van der Waals surface area contributed by atoms with Gasteiger partial charge in [-0.15, -0.1) is 0 Å². The molecule has 4 heteroatoms. The van der Waals surface area contributed by atoms with E-state index in [0.29, 0.717) is 12.0 Å². The third-order valence-electron chi connectivity index (χ3n) is 4.47. The lowest BCUT2D eigenvalue weighted by molar-refractivity contribution is 0.101. The summed E-state index contributed by atoms with van der Waals surface area (Å²) in [6, 6.07) is 2.64. The van der Waals surface area contributed by atoms with Crippen LogP contribution in [0.5, 0.6) is 0 Å². The third-order valence-corrected chi connectivity index (χ3v) is 4.47. The van der Waals surface area contributed by atoms with Crippen LogP contribution in [0.4, 0.5) is 0 Å². The van der Waals surface area contributed by atoms with Crippen LogP contribution in [0.15, 0.2) is 12.3 Å². The molecule has 1 aromatic heterocycles. The molecule has 0 aromatic carbocycles. The van der Waals surface area contributed by atoms with Crippen molar-refractivity contribution in [2.24, 2.45) is 5.92 Å². The van der Waals surface area contributed by atoms with Crippen LogP contribution < -0.4 is 5.32 Å². The van der Waals surface area contributed by atoms with E-state index in [1.807, 2.05) is 0 Å². The van der Waals surface area contributed by atoms with Crippen molar-refractivity contribution in [3.8, 4) is 0 Å². The standard InChI is InChI=1S/C16H29N3O/c1-3-15(4-2)19-9-8-14(18-19)12-17-11-13-6-5-7-16(20)10-13/h8-9,13,15-17,20H,3-7,10-12H2,1-2H3. The average Bonchev–Trinajstić information content (AvgIpc) is 2.89. The molecule has 0 aliphatic heterocycles. The molecule has 1 fully saturated rings. The Labute approximate surface area is 122 Å². The summed E-state index contributed by atoms with van der Waals surface area (Å²) in [6.07, 6.45) is 8.62. The highest BCUT2D eigenvalue weighted by molar-refractivity contribution is 4.99. The van der Waals surface area contributed by atoms with E-state index in [-0.39, 0.29) is 6.10 Å². The van der Waals surface area contributed by atoms with Gasteiger partial charge in [0.15, 0.2) is 0 Å². The van der Waals surface area contributed by atoms with Crippen LogP contribution in [-0.4, -0.2) is 27.5 Å². The topological polar surface area (TPSA) is 50.1 Å². The first kappa shape index (κ1) is 15.5. The van der Waals surface area contributed by atoms with Gasteiger partial charge in [-0.1, -0.05) is 20.3 Å². The SMILES string of the molecule is CCC(CC)n1ccc(CNCC2CCCC(O)C2)n1. The fourth-order valence-electron chi connectivity index (χ4n) is 3.19. The largest absolute Gasteiger partial charge is 0.393 e. The van der Waals surface area contributed by atoms with Crippen LogP contribution >= 0.6 is 0 Å². The number of aliphatic hydroxyl groups excluding tert-OH is 1. The molecule has 0 amide bonds. The second kappa shape index (κ2) is 7.79. The minimum Gasteiger partial charge on any atom is -0.393 e. The zero-order valence-corrected chi connectivity index (χ0v) is 12.9. The molecule has 2 unspecified atom stereocenters. The van der Waals surface area contributed by atoms with Gasteiger partial charge in [0, 0.05) is 12.7 Å². The van der Waals surface area contributed by atoms with Crippen LogP contribution in [-0.2, 0) is 6.54 Å². The molecule has 0 radical (unpaired) electrons. The van der Waals surface area contributed by atoms with Crippen LogP contribution in [0, 0.1) is 5.92 Å². The second-order valence-electron chi connectivity index (χ2n) is 6.07. The zero-order chi connectivity index (χ0) is 14.4. The molecular formula is C16H29N3O. The van der Waals surface area contributed by atoms with Gasteiger partial charge in [-0.3, -0.25) is 4.68 Å². The number of nitrogens with zero attached hydrogens (tertiary/aromatic N) is 2. The molecule has 4 nitrogen and oxygen atoms in total. The summed E-state index contributed by atoms with van der Waals surface area (Å²) in [5, 5.41) is 17.8. The molecule has 114 valence electrons. The van der Waals surface area contributed by atoms with Gasteiger partial charge in [0.05, 0.1) is 17.8 Å². The monoisotopic (exact) mass is 279 g/mol. The summed E-state index contributed by atoms with van der Waals surface area (Å²) in [5.74, 6) is 0.625. The minimum atomic E-state index is -0.0791. The van der Waals surface area contributed by atoms with E-state index in [9.17, 15) is 5.11 Å². The molecule has 2 rings (SSSR count). The Morgan fingerprint density at radius 3 is 2.90 bits per heavy atom. The smallest absolute Gasteiger partial charge is 0.0762 e. The van der Waals surface area contributed by atoms with E-state index in [4.69, 9.17) is 0 Å². The number of aliphatic hydroxyl groups is 1. The van der Waals surface area contributed by atoms with Gasteiger partial charge in [-0.25, -0.2) is 0 Å². The first-order chi connectivity index (χ1) is 9.72. The van der Waals surface area contributed by atoms with Gasteiger partial charge in [-0.05, 0) is 50.6 Å². The Bertz CT molecular complexity index is 387. The minimum absolute atomic E-state index is 0.0791. The van der Waals surface area contributed by atoms with Crippen LogP contribution in [0.3, 0.4) is 0 Å². The first-order valence-electron chi connectivity index (χ1n) is 8.15. The fourth-order valence-corrected chi connectivity index (χ4v) is 3.19.